The molecule has 0 aliphatic carbocycles. The maximum atomic E-state index is 6.08. The van der Waals surface area contributed by atoms with Crippen molar-refractivity contribution in [1.82, 2.24) is 9.97 Å². The van der Waals surface area contributed by atoms with E-state index in [1.54, 1.807) is 0 Å². The fraction of sp³-hybridized carbons (Fsp3) is 0.692. The number of nitrogens with zero attached hydrogens (tertiary/aromatic N) is 3. The first-order chi connectivity index (χ1) is 8.03. The summed E-state index contributed by atoms with van der Waals surface area (Å²) in [5, 5.41) is 0.557. The number of hydrogen-bond acceptors (Lipinski definition) is 3. The van der Waals surface area contributed by atoms with Crippen molar-refractivity contribution in [2.24, 2.45) is 0 Å². The van der Waals surface area contributed by atoms with E-state index in [4.69, 9.17) is 11.6 Å². The van der Waals surface area contributed by atoms with Crippen molar-refractivity contribution >= 4 is 17.4 Å². The summed E-state index contributed by atoms with van der Waals surface area (Å²) in [6.07, 6.45) is 4.36. The van der Waals surface area contributed by atoms with Crippen LogP contribution in [0.5, 0.6) is 0 Å². The monoisotopic (exact) mass is 253 g/mol. The highest BCUT2D eigenvalue weighted by molar-refractivity contribution is 6.29. The van der Waals surface area contributed by atoms with Crippen molar-refractivity contribution < 1.29 is 0 Å². The molecule has 0 bridgehead atoms. The molecule has 0 N–H and O–H groups in total. The molecule has 1 aliphatic heterocycles. The van der Waals surface area contributed by atoms with Crippen molar-refractivity contribution in [3.63, 3.8) is 0 Å². The molecular weight excluding hydrogens is 234 g/mol. The summed E-state index contributed by atoms with van der Waals surface area (Å²) in [7, 11) is 0. The van der Waals surface area contributed by atoms with E-state index in [1.807, 2.05) is 6.07 Å². The Bertz CT molecular complexity index is 404. The van der Waals surface area contributed by atoms with Gasteiger partial charge in [0.1, 0.15) is 16.8 Å². The molecule has 1 aromatic heterocycles. The Morgan fingerprint density at radius 3 is 2.76 bits per heavy atom. The molecule has 94 valence electrons. The maximum Gasteiger partial charge on any atom is 0.134 e. The number of hydrogen-bond donors (Lipinski definition) is 0. The lowest BCUT2D eigenvalue weighted by atomic mass is 10.0. The van der Waals surface area contributed by atoms with Gasteiger partial charge >= 0.3 is 0 Å². The molecule has 0 unspecified atom stereocenters. The highest BCUT2D eigenvalue weighted by atomic mass is 35.5. The summed E-state index contributed by atoms with van der Waals surface area (Å²) in [5.74, 6) is 1.84. The van der Waals surface area contributed by atoms with E-state index in [2.05, 4.69) is 35.6 Å². The molecule has 1 saturated heterocycles. The molecule has 0 aromatic carbocycles. The molecule has 0 radical (unpaired) electrons. The lowest BCUT2D eigenvalue weighted by molar-refractivity contribution is 0.513. The minimum atomic E-state index is 0.182. The van der Waals surface area contributed by atoms with Crippen LogP contribution in [0.15, 0.2) is 6.07 Å². The molecule has 4 heteroatoms. The van der Waals surface area contributed by atoms with Crippen LogP contribution in [0, 0.1) is 0 Å². The van der Waals surface area contributed by atoms with Gasteiger partial charge in [-0.15, -0.1) is 0 Å². The lowest BCUT2D eigenvalue weighted by Crippen LogP contribution is -2.38. The lowest BCUT2D eigenvalue weighted by Gasteiger charge is -2.32. The van der Waals surface area contributed by atoms with Gasteiger partial charge < -0.3 is 4.90 Å². The van der Waals surface area contributed by atoms with Crippen LogP contribution >= 0.6 is 11.6 Å². The number of anilines is 1. The SMILES string of the molecule is CCCc1nc(Cl)cc(N2CCCC2(C)C)n1. The van der Waals surface area contributed by atoms with Gasteiger partial charge in [-0.05, 0) is 33.1 Å². The van der Waals surface area contributed by atoms with Crippen LogP contribution in [0.3, 0.4) is 0 Å². The molecule has 0 amide bonds. The molecule has 17 heavy (non-hydrogen) atoms. The molecule has 3 nitrogen and oxygen atoms in total. The number of aromatic nitrogens is 2. The van der Waals surface area contributed by atoms with Crippen molar-refractivity contribution in [1.29, 1.82) is 0 Å². The van der Waals surface area contributed by atoms with E-state index in [0.717, 1.165) is 31.0 Å². The molecule has 2 rings (SSSR count). The zero-order valence-corrected chi connectivity index (χ0v) is 11.6. The van der Waals surface area contributed by atoms with Crippen LogP contribution in [0.2, 0.25) is 5.15 Å². The highest BCUT2D eigenvalue weighted by Gasteiger charge is 2.33. The van der Waals surface area contributed by atoms with Gasteiger partial charge in [0.2, 0.25) is 0 Å². The first-order valence-corrected chi connectivity index (χ1v) is 6.72. The first-order valence-electron chi connectivity index (χ1n) is 6.34. The summed E-state index contributed by atoms with van der Waals surface area (Å²) >= 11 is 6.08. The predicted molar refractivity (Wildman–Crippen MR) is 71.7 cm³/mol. The van der Waals surface area contributed by atoms with Crippen molar-refractivity contribution in [2.45, 2.75) is 52.0 Å². The van der Waals surface area contributed by atoms with E-state index in [-0.39, 0.29) is 5.54 Å². The standard InChI is InChI=1S/C13H20ClN3/c1-4-6-11-15-10(14)9-12(16-11)17-8-5-7-13(17,2)3/h9H,4-8H2,1-3H3. The summed E-state index contributed by atoms with van der Waals surface area (Å²) in [6, 6.07) is 1.88. The smallest absolute Gasteiger partial charge is 0.134 e. The van der Waals surface area contributed by atoms with Crippen LogP contribution in [-0.4, -0.2) is 22.1 Å². The second-order valence-electron chi connectivity index (χ2n) is 5.28. The summed E-state index contributed by atoms with van der Waals surface area (Å²) < 4.78 is 0. The van der Waals surface area contributed by atoms with Crippen LogP contribution in [0.1, 0.15) is 45.9 Å². The van der Waals surface area contributed by atoms with Gasteiger partial charge in [0.05, 0.1) is 0 Å². The van der Waals surface area contributed by atoms with Gasteiger partial charge in [-0.1, -0.05) is 18.5 Å². The Kier molecular flexibility index (Phi) is 3.57. The zero-order chi connectivity index (χ0) is 12.5. The van der Waals surface area contributed by atoms with Crippen molar-refractivity contribution in [3.05, 3.63) is 17.0 Å². The minimum absolute atomic E-state index is 0.182. The third kappa shape index (κ3) is 2.71. The molecule has 1 aliphatic rings. The van der Waals surface area contributed by atoms with Gasteiger partial charge in [-0.3, -0.25) is 0 Å². The molecule has 0 atom stereocenters. The molecule has 1 aromatic rings. The minimum Gasteiger partial charge on any atom is -0.351 e. The molecular formula is C13H20ClN3. The normalized spacial score (nSPS) is 18.7. The summed E-state index contributed by atoms with van der Waals surface area (Å²) in [4.78, 5) is 11.2. The van der Waals surface area contributed by atoms with Gasteiger partial charge in [-0.25, -0.2) is 9.97 Å². The van der Waals surface area contributed by atoms with Crippen molar-refractivity contribution in [2.75, 3.05) is 11.4 Å². The van der Waals surface area contributed by atoms with E-state index in [0.29, 0.717) is 5.15 Å². The Hall–Kier alpha value is -0.830. The fourth-order valence-electron chi connectivity index (χ4n) is 2.46. The molecule has 2 heterocycles. The predicted octanol–water partition coefficient (Wildman–Crippen LogP) is 3.46. The first kappa shape index (κ1) is 12.6. The topological polar surface area (TPSA) is 29.0 Å². The van der Waals surface area contributed by atoms with Crippen LogP contribution < -0.4 is 4.90 Å². The maximum absolute atomic E-state index is 6.08. The Morgan fingerprint density at radius 2 is 2.18 bits per heavy atom. The number of aryl methyl sites for hydroxylation is 1. The number of halogens is 1. The third-order valence-electron chi connectivity index (χ3n) is 3.38. The highest BCUT2D eigenvalue weighted by Crippen LogP contribution is 2.33. The average Bonchev–Trinajstić information content (AvgIpc) is 2.57. The van der Waals surface area contributed by atoms with Crippen LogP contribution in [0.25, 0.3) is 0 Å². The second-order valence-corrected chi connectivity index (χ2v) is 5.67. The van der Waals surface area contributed by atoms with Crippen LogP contribution in [0.4, 0.5) is 5.82 Å². The average molecular weight is 254 g/mol. The van der Waals surface area contributed by atoms with Crippen molar-refractivity contribution in [3.8, 4) is 0 Å². The fourth-order valence-corrected chi connectivity index (χ4v) is 2.65. The van der Waals surface area contributed by atoms with Gasteiger partial charge in [0.25, 0.3) is 0 Å². The largest absolute Gasteiger partial charge is 0.351 e. The van der Waals surface area contributed by atoms with Gasteiger partial charge in [-0.2, -0.15) is 0 Å². The Labute approximate surface area is 108 Å². The van der Waals surface area contributed by atoms with E-state index in [9.17, 15) is 0 Å². The van der Waals surface area contributed by atoms with Gasteiger partial charge in [0.15, 0.2) is 0 Å². The molecule has 0 saturated carbocycles. The van der Waals surface area contributed by atoms with E-state index in [1.165, 1.54) is 12.8 Å². The van der Waals surface area contributed by atoms with E-state index < -0.39 is 0 Å². The second kappa shape index (κ2) is 4.81. The quantitative estimate of drug-likeness (QED) is 0.773. The molecule has 0 spiro atoms. The van der Waals surface area contributed by atoms with Gasteiger partial charge in [0, 0.05) is 24.6 Å². The summed E-state index contributed by atoms with van der Waals surface area (Å²) in [6.45, 7) is 7.71. The Morgan fingerprint density at radius 1 is 1.41 bits per heavy atom. The zero-order valence-electron chi connectivity index (χ0n) is 10.8. The Balaban J connectivity index is 2.31. The van der Waals surface area contributed by atoms with Crippen LogP contribution in [-0.2, 0) is 6.42 Å². The summed E-state index contributed by atoms with van der Waals surface area (Å²) in [5.41, 5.74) is 0.182. The number of rotatable bonds is 3. The third-order valence-corrected chi connectivity index (χ3v) is 3.57. The molecule has 1 fully saturated rings. The van der Waals surface area contributed by atoms with E-state index >= 15 is 0 Å².